The summed E-state index contributed by atoms with van der Waals surface area (Å²) in [6.45, 7) is 6.82. The van der Waals surface area contributed by atoms with Crippen LogP contribution in [0.1, 0.15) is 71.4 Å². The molecule has 1 aliphatic carbocycles. The molecule has 5 nitrogen and oxygen atoms in total. The minimum absolute atomic E-state index is 0.0334. The number of carbonyl (C=O) groups excluding carboxylic acids is 1. The molecule has 0 spiro atoms. The van der Waals surface area contributed by atoms with Gasteiger partial charge in [0.15, 0.2) is 0 Å². The largest absolute Gasteiger partial charge is 0.368 e. The minimum atomic E-state index is -0.0334. The lowest BCUT2D eigenvalue weighted by atomic mass is 10.1. The summed E-state index contributed by atoms with van der Waals surface area (Å²) in [6.07, 6.45) is 4.49. The Morgan fingerprint density at radius 3 is 2.64 bits per heavy atom. The molecule has 0 radical (unpaired) electrons. The van der Waals surface area contributed by atoms with Crippen LogP contribution in [0.2, 0.25) is 0 Å². The number of aromatic nitrogens is 2. The Kier molecular flexibility index (Phi) is 5.37. The number of thiophene rings is 1. The van der Waals surface area contributed by atoms with Crippen molar-refractivity contribution in [3.8, 4) is 0 Å². The Balaban J connectivity index is 1.90. The van der Waals surface area contributed by atoms with Crippen LogP contribution in [-0.4, -0.2) is 26.8 Å². The normalized spacial score (nSPS) is 15.0. The summed E-state index contributed by atoms with van der Waals surface area (Å²) in [4.78, 5) is 26.2. The van der Waals surface area contributed by atoms with Gasteiger partial charge in [0.2, 0.25) is 5.95 Å². The van der Waals surface area contributed by atoms with Gasteiger partial charge >= 0.3 is 0 Å². The van der Waals surface area contributed by atoms with Gasteiger partial charge in [0.05, 0.1) is 6.54 Å². The van der Waals surface area contributed by atoms with Crippen molar-refractivity contribution in [3.63, 3.8) is 0 Å². The molecule has 1 fully saturated rings. The maximum Gasteiger partial charge on any atom is 0.273 e. The highest BCUT2D eigenvalue weighted by Crippen LogP contribution is 2.28. The van der Waals surface area contributed by atoms with Crippen molar-refractivity contribution in [2.45, 2.75) is 65.0 Å². The zero-order chi connectivity index (χ0) is 18.0. The molecule has 134 valence electrons. The van der Waals surface area contributed by atoms with Gasteiger partial charge in [0.1, 0.15) is 5.69 Å². The summed E-state index contributed by atoms with van der Waals surface area (Å²) in [6, 6.07) is 6.30. The third kappa shape index (κ3) is 4.18. The molecule has 2 aromatic rings. The van der Waals surface area contributed by atoms with Crippen molar-refractivity contribution in [2.75, 3.05) is 5.73 Å². The van der Waals surface area contributed by atoms with Crippen LogP contribution in [0.15, 0.2) is 18.2 Å². The Bertz CT molecular complexity index is 750. The van der Waals surface area contributed by atoms with Crippen LogP contribution >= 0.6 is 11.3 Å². The summed E-state index contributed by atoms with van der Waals surface area (Å²) < 4.78 is 0. The third-order valence-corrected chi connectivity index (χ3v) is 5.71. The van der Waals surface area contributed by atoms with Crippen molar-refractivity contribution in [1.29, 1.82) is 0 Å². The topological polar surface area (TPSA) is 72.1 Å². The second kappa shape index (κ2) is 7.52. The molecule has 1 amide bonds. The molecule has 1 aliphatic rings. The number of carbonyl (C=O) groups is 1. The third-order valence-electron chi connectivity index (χ3n) is 4.72. The number of aryl methyl sites for hydroxylation is 1. The number of nitrogens with two attached hydrogens (primary N) is 1. The molecule has 3 rings (SSSR count). The van der Waals surface area contributed by atoms with Gasteiger partial charge in [-0.1, -0.05) is 26.7 Å². The van der Waals surface area contributed by atoms with E-state index >= 15 is 0 Å². The van der Waals surface area contributed by atoms with Crippen LogP contribution in [0.25, 0.3) is 0 Å². The Morgan fingerprint density at radius 2 is 2.04 bits per heavy atom. The van der Waals surface area contributed by atoms with E-state index in [0.29, 0.717) is 12.2 Å². The number of rotatable bonds is 5. The second-order valence-electron chi connectivity index (χ2n) is 7.07. The molecule has 1 saturated carbocycles. The first kappa shape index (κ1) is 17.9. The predicted octanol–water partition coefficient (Wildman–Crippen LogP) is 4.14. The van der Waals surface area contributed by atoms with Crippen LogP contribution in [0.3, 0.4) is 0 Å². The van der Waals surface area contributed by atoms with E-state index in [-0.39, 0.29) is 23.8 Å². The van der Waals surface area contributed by atoms with Crippen molar-refractivity contribution >= 4 is 23.2 Å². The Labute approximate surface area is 153 Å². The van der Waals surface area contributed by atoms with Gasteiger partial charge in [-0.2, -0.15) is 0 Å². The summed E-state index contributed by atoms with van der Waals surface area (Å²) in [5.74, 6) is 0.346. The molecule has 0 aliphatic heterocycles. The number of anilines is 1. The summed E-state index contributed by atoms with van der Waals surface area (Å²) in [7, 11) is 0. The quantitative estimate of drug-likeness (QED) is 0.872. The van der Waals surface area contributed by atoms with E-state index in [9.17, 15) is 4.79 Å². The van der Waals surface area contributed by atoms with Crippen molar-refractivity contribution in [3.05, 3.63) is 39.3 Å². The van der Waals surface area contributed by atoms with Gasteiger partial charge < -0.3 is 10.6 Å². The fraction of sp³-hybridized carbons (Fsp3) is 0.526. The van der Waals surface area contributed by atoms with E-state index in [2.05, 4.69) is 29.0 Å². The second-order valence-corrected chi connectivity index (χ2v) is 8.45. The van der Waals surface area contributed by atoms with Crippen LogP contribution in [0, 0.1) is 6.92 Å². The molecule has 0 aromatic carbocycles. The maximum atomic E-state index is 13.3. The molecular formula is C19H26N4OS. The Morgan fingerprint density at radius 1 is 1.32 bits per heavy atom. The van der Waals surface area contributed by atoms with Crippen LogP contribution in [0.5, 0.6) is 0 Å². The van der Waals surface area contributed by atoms with Crippen LogP contribution in [0.4, 0.5) is 5.95 Å². The van der Waals surface area contributed by atoms with Gasteiger partial charge in [-0.15, -0.1) is 11.3 Å². The molecule has 0 bridgehead atoms. The maximum absolute atomic E-state index is 13.3. The monoisotopic (exact) mass is 358 g/mol. The van der Waals surface area contributed by atoms with Crippen LogP contribution in [-0.2, 0) is 6.54 Å². The van der Waals surface area contributed by atoms with E-state index in [1.54, 1.807) is 17.4 Å². The first-order chi connectivity index (χ1) is 11.9. The molecule has 2 heterocycles. The molecule has 6 heteroatoms. The van der Waals surface area contributed by atoms with Crippen molar-refractivity contribution in [1.82, 2.24) is 14.9 Å². The summed E-state index contributed by atoms with van der Waals surface area (Å²) >= 11 is 1.75. The van der Waals surface area contributed by atoms with Gasteiger partial charge in [-0.25, -0.2) is 9.97 Å². The first-order valence-electron chi connectivity index (χ1n) is 8.94. The summed E-state index contributed by atoms with van der Waals surface area (Å²) in [5, 5.41) is 0. The zero-order valence-corrected chi connectivity index (χ0v) is 16.0. The van der Waals surface area contributed by atoms with E-state index in [0.717, 1.165) is 18.5 Å². The van der Waals surface area contributed by atoms with E-state index in [1.807, 2.05) is 18.7 Å². The highest BCUT2D eigenvalue weighted by molar-refractivity contribution is 7.11. The first-order valence-corrected chi connectivity index (χ1v) is 9.76. The Hall–Kier alpha value is -1.95. The zero-order valence-electron chi connectivity index (χ0n) is 15.2. The SMILES string of the molecule is Cc1ccc(CN(C(=O)c2cc(C(C)C)nc(N)n2)C2CCCC2)s1. The molecular weight excluding hydrogens is 332 g/mol. The fourth-order valence-corrected chi connectivity index (χ4v) is 4.25. The predicted molar refractivity (Wildman–Crippen MR) is 102 cm³/mol. The average Bonchev–Trinajstić information content (AvgIpc) is 3.23. The van der Waals surface area contributed by atoms with Gasteiger partial charge in [0, 0.05) is 21.5 Å². The van der Waals surface area contributed by atoms with Crippen molar-refractivity contribution < 1.29 is 4.79 Å². The minimum Gasteiger partial charge on any atom is -0.368 e. The molecule has 25 heavy (non-hydrogen) atoms. The molecule has 0 atom stereocenters. The lowest BCUT2D eigenvalue weighted by Gasteiger charge is -2.28. The number of nitrogens with zero attached hydrogens (tertiary/aromatic N) is 3. The fourth-order valence-electron chi connectivity index (χ4n) is 3.36. The number of nitrogen functional groups attached to an aromatic ring is 1. The van der Waals surface area contributed by atoms with Gasteiger partial charge in [-0.05, 0) is 43.9 Å². The lowest BCUT2D eigenvalue weighted by Crippen LogP contribution is -2.38. The molecule has 2 aromatic heterocycles. The molecule has 0 saturated heterocycles. The van der Waals surface area contributed by atoms with E-state index < -0.39 is 0 Å². The number of hydrogen-bond acceptors (Lipinski definition) is 5. The van der Waals surface area contributed by atoms with Crippen LogP contribution < -0.4 is 5.73 Å². The molecule has 2 N–H and O–H groups in total. The smallest absolute Gasteiger partial charge is 0.273 e. The van der Waals surface area contributed by atoms with E-state index in [1.165, 1.54) is 22.6 Å². The highest BCUT2D eigenvalue weighted by atomic mass is 32.1. The summed E-state index contributed by atoms with van der Waals surface area (Å²) in [5.41, 5.74) is 7.08. The number of amides is 1. The number of hydrogen-bond donors (Lipinski definition) is 1. The average molecular weight is 359 g/mol. The highest BCUT2D eigenvalue weighted by Gasteiger charge is 2.29. The molecule has 0 unspecified atom stereocenters. The van der Waals surface area contributed by atoms with E-state index in [4.69, 9.17) is 5.73 Å². The standard InChI is InChI=1S/C19H26N4OS/c1-12(2)16-10-17(22-19(20)21-16)18(24)23(14-6-4-5-7-14)11-15-9-8-13(3)25-15/h8-10,12,14H,4-7,11H2,1-3H3,(H2,20,21,22). The lowest BCUT2D eigenvalue weighted by molar-refractivity contribution is 0.0660. The van der Waals surface area contributed by atoms with Gasteiger partial charge in [-0.3, -0.25) is 4.79 Å². The van der Waals surface area contributed by atoms with Gasteiger partial charge in [0.25, 0.3) is 5.91 Å². The van der Waals surface area contributed by atoms with Crippen molar-refractivity contribution in [2.24, 2.45) is 0 Å².